The highest BCUT2D eigenvalue weighted by Gasteiger charge is 2.37. The average molecular weight is 648 g/mol. The van der Waals surface area contributed by atoms with Crippen molar-refractivity contribution in [1.82, 2.24) is 20.1 Å². The van der Waals surface area contributed by atoms with E-state index in [1.54, 1.807) is 20.8 Å². The third-order valence-electron chi connectivity index (χ3n) is 6.62. The Morgan fingerprint density at radius 2 is 1.67 bits per heavy atom. The molecule has 4 rings (SSSR count). The number of nitriles is 1. The van der Waals surface area contributed by atoms with E-state index in [0.717, 1.165) is 4.68 Å². The predicted molar refractivity (Wildman–Crippen MR) is 152 cm³/mol. The number of nitrogens with zero attached hydrogens (tertiary/aromatic N) is 4. The maximum atomic E-state index is 13.8. The van der Waals surface area contributed by atoms with Crippen LogP contribution in [0.5, 0.6) is 0 Å². The molecule has 0 saturated heterocycles. The second-order valence-corrected chi connectivity index (χ2v) is 10.9. The number of benzene rings is 2. The molecule has 7 nitrogen and oxygen atoms in total. The van der Waals surface area contributed by atoms with E-state index in [2.05, 4.69) is 15.4 Å². The normalized spacial score (nSPS) is 11.9. The zero-order valence-corrected chi connectivity index (χ0v) is 24.7. The van der Waals surface area contributed by atoms with Gasteiger partial charge in [0.15, 0.2) is 11.6 Å². The van der Waals surface area contributed by atoms with Crippen LogP contribution in [0.15, 0.2) is 54.7 Å². The molecule has 0 unspecified atom stereocenters. The van der Waals surface area contributed by atoms with Crippen LogP contribution in [0.3, 0.4) is 0 Å². The fourth-order valence-corrected chi connectivity index (χ4v) is 4.85. The summed E-state index contributed by atoms with van der Waals surface area (Å²) < 4.78 is 81.8. The van der Waals surface area contributed by atoms with Crippen LogP contribution < -0.4 is 5.32 Å². The molecule has 0 bridgehead atoms. The van der Waals surface area contributed by atoms with Crippen LogP contribution in [0.25, 0.3) is 5.82 Å². The van der Waals surface area contributed by atoms with Crippen molar-refractivity contribution in [3.63, 3.8) is 0 Å². The number of hydrogen-bond donors (Lipinski definition) is 1. The Kier molecular flexibility index (Phi) is 9.39. The molecule has 2 heterocycles. The van der Waals surface area contributed by atoms with E-state index in [4.69, 9.17) is 11.6 Å². The third kappa shape index (κ3) is 7.69. The zero-order valence-electron chi connectivity index (χ0n) is 23.9. The molecule has 0 fully saturated rings. The number of amides is 1. The van der Waals surface area contributed by atoms with Gasteiger partial charge in [-0.1, -0.05) is 11.6 Å². The maximum absolute atomic E-state index is 13.8. The van der Waals surface area contributed by atoms with Gasteiger partial charge in [0, 0.05) is 30.6 Å². The Labute approximate surface area is 258 Å². The minimum absolute atomic E-state index is 0.0110. The van der Waals surface area contributed by atoms with Gasteiger partial charge in [0.1, 0.15) is 5.69 Å². The first-order chi connectivity index (χ1) is 21.0. The predicted octanol–water partition coefficient (Wildman–Crippen LogP) is 7.29. The van der Waals surface area contributed by atoms with Crippen LogP contribution in [-0.2, 0) is 25.2 Å². The minimum Gasteiger partial charge on any atom is -0.350 e. The lowest BCUT2D eigenvalue weighted by molar-refractivity contribution is -0.143. The fourth-order valence-electron chi connectivity index (χ4n) is 4.65. The number of ketones is 1. The van der Waals surface area contributed by atoms with Gasteiger partial charge < -0.3 is 5.32 Å². The lowest BCUT2D eigenvalue weighted by Crippen LogP contribution is -2.31. The van der Waals surface area contributed by atoms with Gasteiger partial charge >= 0.3 is 12.4 Å². The second kappa shape index (κ2) is 12.7. The van der Waals surface area contributed by atoms with Gasteiger partial charge in [0.2, 0.25) is 0 Å². The molecule has 0 saturated carbocycles. The van der Waals surface area contributed by atoms with Crippen molar-refractivity contribution in [2.45, 2.75) is 52.0 Å². The Morgan fingerprint density at radius 3 is 2.22 bits per heavy atom. The van der Waals surface area contributed by atoms with E-state index in [0.29, 0.717) is 23.3 Å². The van der Waals surface area contributed by atoms with Crippen LogP contribution in [0.2, 0.25) is 5.02 Å². The first kappa shape index (κ1) is 33.2. The van der Waals surface area contributed by atoms with Gasteiger partial charge in [-0.2, -0.15) is 36.7 Å². The highest BCUT2D eigenvalue weighted by atomic mass is 35.5. The smallest absolute Gasteiger partial charge is 0.350 e. The Bertz CT molecular complexity index is 1790. The van der Waals surface area contributed by atoms with E-state index >= 15 is 0 Å². The van der Waals surface area contributed by atoms with Gasteiger partial charge in [-0.15, -0.1) is 0 Å². The standard InChI is InChI=1S/C31H24ClF6N5O2/c1-16(2)41-29(45)24-11-19(15-39)7-17(3)23(24)14-27(44)26-13-22(42-43(26)28-25(32)5-4-6-40-28)10-18-8-20(30(33,34)35)12-21(9-18)31(36,37)38/h4-9,11-13,16H,10,14H2,1-3H3,(H,41,45). The number of aryl methyl sites for hydroxylation is 1. The van der Waals surface area contributed by atoms with Crippen molar-refractivity contribution in [2.75, 3.05) is 0 Å². The van der Waals surface area contributed by atoms with E-state index in [-0.39, 0.29) is 57.4 Å². The molecule has 0 spiro atoms. The summed E-state index contributed by atoms with van der Waals surface area (Å²) in [6.07, 6.45) is -9.59. The first-order valence-corrected chi connectivity index (χ1v) is 13.7. The van der Waals surface area contributed by atoms with Gasteiger partial charge in [-0.05, 0) is 86.0 Å². The van der Waals surface area contributed by atoms with Crippen molar-refractivity contribution in [3.8, 4) is 11.9 Å². The minimum atomic E-state index is -5.05. The van der Waals surface area contributed by atoms with Crippen molar-refractivity contribution in [1.29, 1.82) is 5.26 Å². The number of aromatic nitrogens is 3. The molecule has 0 aliphatic rings. The van der Waals surface area contributed by atoms with Crippen molar-refractivity contribution >= 4 is 23.3 Å². The summed E-state index contributed by atoms with van der Waals surface area (Å²) in [6, 6.07) is 9.99. The number of nitrogens with one attached hydrogen (secondary N) is 1. The van der Waals surface area contributed by atoms with Crippen molar-refractivity contribution in [3.05, 3.63) is 110 Å². The van der Waals surface area contributed by atoms with Crippen molar-refractivity contribution < 1.29 is 35.9 Å². The van der Waals surface area contributed by atoms with Crippen LogP contribution in [0.4, 0.5) is 26.3 Å². The van der Waals surface area contributed by atoms with E-state index < -0.39 is 41.6 Å². The summed E-state index contributed by atoms with van der Waals surface area (Å²) in [4.78, 5) is 31.0. The second-order valence-electron chi connectivity index (χ2n) is 10.5. The van der Waals surface area contributed by atoms with Crippen molar-refractivity contribution in [2.24, 2.45) is 0 Å². The summed E-state index contributed by atoms with van der Waals surface area (Å²) in [6.45, 7) is 5.10. The lowest BCUT2D eigenvalue weighted by Gasteiger charge is -2.15. The SMILES string of the molecule is Cc1cc(C#N)cc(C(=O)NC(C)C)c1CC(=O)c1cc(Cc2cc(C(F)(F)F)cc(C(F)(F)F)c2)nn1-c1ncccc1Cl. The number of pyridine rings is 1. The maximum Gasteiger partial charge on any atom is 0.416 e. The molecule has 0 atom stereocenters. The van der Waals surface area contributed by atoms with Gasteiger partial charge in [-0.3, -0.25) is 9.59 Å². The van der Waals surface area contributed by atoms with Crippen LogP contribution in [0, 0.1) is 18.3 Å². The largest absolute Gasteiger partial charge is 0.416 e. The molecule has 0 aliphatic heterocycles. The van der Waals surface area contributed by atoms with Gasteiger partial charge in [-0.25, -0.2) is 9.67 Å². The van der Waals surface area contributed by atoms with Gasteiger partial charge in [0.25, 0.3) is 5.91 Å². The number of rotatable bonds is 8. The van der Waals surface area contributed by atoms with Crippen LogP contribution in [-0.4, -0.2) is 32.5 Å². The molecule has 4 aromatic rings. The highest BCUT2D eigenvalue weighted by molar-refractivity contribution is 6.32. The summed E-state index contributed by atoms with van der Waals surface area (Å²) in [5.41, 5.74) is -2.41. The lowest BCUT2D eigenvalue weighted by atomic mass is 9.93. The summed E-state index contributed by atoms with van der Waals surface area (Å²) in [5, 5.41) is 16.5. The van der Waals surface area contributed by atoms with E-state index in [1.807, 2.05) is 6.07 Å². The summed E-state index contributed by atoms with van der Waals surface area (Å²) >= 11 is 6.31. The first-order valence-electron chi connectivity index (χ1n) is 13.3. The molecule has 45 heavy (non-hydrogen) atoms. The molecule has 1 N–H and O–H groups in total. The number of carbonyl (C=O) groups is 2. The average Bonchev–Trinajstić information content (AvgIpc) is 3.36. The number of halogens is 7. The molecule has 14 heteroatoms. The van der Waals surface area contributed by atoms with Gasteiger partial charge in [0.05, 0.1) is 33.5 Å². The fraction of sp³-hybridized carbons (Fsp3) is 0.258. The highest BCUT2D eigenvalue weighted by Crippen LogP contribution is 2.37. The summed E-state index contributed by atoms with van der Waals surface area (Å²) in [5.74, 6) is -1.13. The molecule has 0 radical (unpaired) electrons. The molecule has 1 amide bonds. The molecular weight excluding hydrogens is 624 g/mol. The molecule has 2 aromatic carbocycles. The molecule has 2 aromatic heterocycles. The number of alkyl halides is 6. The molecule has 234 valence electrons. The van der Waals surface area contributed by atoms with Crippen LogP contribution >= 0.6 is 11.6 Å². The molecule has 0 aliphatic carbocycles. The Balaban J connectivity index is 1.82. The monoisotopic (exact) mass is 647 g/mol. The topological polar surface area (TPSA) is 101 Å². The Morgan fingerprint density at radius 1 is 1.02 bits per heavy atom. The Hall–Kier alpha value is -4.70. The zero-order chi connectivity index (χ0) is 33.3. The molecular formula is C31H24ClF6N5O2. The number of carbonyl (C=O) groups excluding carboxylic acids is 2. The number of hydrogen-bond acceptors (Lipinski definition) is 5. The summed E-state index contributed by atoms with van der Waals surface area (Å²) in [7, 11) is 0. The van der Waals surface area contributed by atoms with E-state index in [1.165, 1.54) is 36.5 Å². The number of Topliss-reactive ketones (excluding diaryl/α,β-unsaturated/α-hetero) is 1. The van der Waals surface area contributed by atoms with E-state index in [9.17, 15) is 41.2 Å². The quantitative estimate of drug-likeness (QED) is 0.160. The van der Waals surface area contributed by atoms with Crippen LogP contribution in [0.1, 0.15) is 73.8 Å². The third-order valence-corrected chi connectivity index (χ3v) is 6.92.